The van der Waals surface area contributed by atoms with E-state index in [4.69, 9.17) is 4.98 Å². The van der Waals surface area contributed by atoms with Gasteiger partial charge in [0.2, 0.25) is 0 Å². The highest BCUT2D eigenvalue weighted by atomic mass is 32.1. The highest BCUT2D eigenvalue weighted by Crippen LogP contribution is 2.43. The van der Waals surface area contributed by atoms with E-state index in [0.29, 0.717) is 5.75 Å². The van der Waals surface area contributed by atoms with Gasteiger partial charge in [-0.2, -0.15) is 0 Å². The first-order chi connectivity index (χ1) is 16.0. The molecule has 0 aliphatic carbocycles. The van der Waals surface area contributed by atoms with Crippen molar-refractivity contribution >= 4 is 32.3 Å². The SMILES string of the molecule is CC(C)(C)c1ccc(-c2cc(C(C)(C)C)cc3sc(-c4ccc5ccccc5c4O)nc23)cc1. The van der Waals surface area contributed by atoms with Crippen molar-refractivity contribution in [2.75, 3.05) is 0 Å². The summed E-state index contributed by atoms with van der Waals surface area (Å²) in [7, 11) is 0. The van der Waals surface area contributed by atoms with Crippen molar-refractivity contribution in [2.24, 2.45) is 0 Å². The molecule has 4 aromatic carbocycles. The minimum absolute atomic E-state index is 0.0174. The Morgan fingerprint density at radius 3 is 2.06 bits per heavy atom. The Hall–Kier alpha value is -3.17. The monoisotopic (exact) mass is 465 g/mol. The fourth-order valence-electron chi connectivity index (χ4n) is 4.38. The maximum atomic E-state index is 11.1. The Morgan fingerprint density at radius 2 is 1.38 bits per heavy atom. The molecule has 1 N–H and O–H groups in total. The summed E-state index contributed by atoms with van der Waals surface area (Å²) >= 11 is 1.65. The molecule has 0 saturated heterocycles. The van der Waals surface area contributed by atoms with Crippen LogP contribution < -0.4 is 0 Å². The van der Waals surface area contributed by atoms with Gasteiger partial charge in [-0.25, -0.2) is 4.98 Å². The highest BCUT2D eigenvalue weighted by Gasteiger charge is 2.21. The van der Waals surface area contributed by atoms with Crippen molar-refractivity contribution in [1.29, 1.82) is 0 Å². The number of hydrogen-bond acceptors (Lipinski definition) is 3. The lowest BCUT2D eigenvalue weighted by molar-refractivity contribution is 0.483. The number of rotatable bonds is 2. The maximum Gasteiger partial charge on any atom is 0.133 e. The number of benzene rings is 4. The van der Waals surface area contributed by atoms with Gasteiger partial charge >= 0.3 is 0 Å². The van der Waals surface area contributed by atoms with Crippen LogP contribution in [0.1, 0.15) is 52.7 Å². The van der Waals surface area contributed by atoms with E-state index in [1.165, 1.54) is 16.7 Å². The fourth-order valence-corrected chi connectivity index (χ4v) is 5.43. The summed E-state index contributed by atoms with van der Waals surface area (Å²) in [6.07, 6.45) is 0. The smallest absolute Gasteiger partial charge is 0.133 e. The predicted molar refractivity (Wildman–Crippen MR) is 147 cm³/mol. The first-order valence-electron chi connectivity index (χ1n) is 11.8. The molecule has 0 bridgehead atoms. The number of nitrogens with zero attached hydrogens (tertiary/aromatic N) is 1. The predicted octanol–water partition coefficient (Wildman–Crippen LogP) is 9.08. The molecule has 1 aromatic heterocycles. The molecule has 0 spiro atoms. The quantitative estimate of drug-likeness (QED) is 0.282. The average Bonchev–Trinajstić information content (AvgIpc) is 3.22. The van der Waals surface area contributed by atoms with Crippen molar-refractivity contribution in [3.63, 3.8) is 0 Å². The molecule has 3 heteroatoms. The number of thiazole rings is 1. The molecular weight excluding hydrogens is 434 g/mol. The van der Waals surface area contributed by atoms with E-state index < -0.39 is 0 Å². The van der Waals surface area contributed by atoms with Gasteiger partial charge in [0.05, 0.1) is 15.8 Å². The molecule has 0 aliphatic rings. The Bertz CT molecular complexity index is 1510. The lowest BCUT2D eigenvalue weighted by atomic mass is 9.84. The van der Waals surface area contributed by atoms with Gasteiger partial charge in [-0.15, -0.1) is 11.3 Å². The van der Waals surface area contributed by atoms with Crippen LogP contribution in [-0.4, -0.2) is 10.1 Å². The molecule has 0 atom stereocenters. The van der Waals surface area contributed by atoms with E-state index in [1.807, 2.05) is 30.3 Å². The van der Waals surface area contributed by atoms with E-state index in [1.54, 1.807) is 11.3 Å². The van der Waals surface area contributed by atoms with Gasteiger partial charge in [0, 0.05) is 10.9 Å². The summed E-state index contributed by atoms with van der Waals surface area (Å²) in [5, 5.41) is 13.8. The van der Waals surface area contributed by atoms with Gasteiger partial charge in [-0.1, -0.05) is 96.1 Å². The van der Waals surface area contributed by atoms with Crippen molar-refractivity contribution in [2.45, 2.75) is 52.4 Å². The number of phenols is 1. The van der Waals surface area contributed by atoms with E-state index in [2.05, 4.69) is 84.0 Å². The molecule has 5 rings (SSSR count). The molecule has 5 aromatic rings. The minimum atomic E-state index is 0.0174. The first-order valence-corrected chi connectivity index (χ1v) is 12.6. The lowest BCUT2D eigenvalue weighted by Gasteiger charge is -2.21. The molecular formula is C31H31NOS. The number of aromatic hydroxyl groups is 1. The summed E-state index contributed by atoms with van der Waals surface area (Å²) in [5.41, 5.74) is 6.82. The number of fused-ring (bicyclic) bond motifs is 2. The van der Waals surface area contributed by atoms with Crippen LogP contribution in [0.3, 0.4) is 0 Å². The highest BCUT2D eigenvalue weighted by molar-refractivity contribution is 7.21. The van der Waals surface area contributed by atoms with Crippen LogP contribution in [0.25, 0.3) is 42.7 Å². The summed E-state index contributed by atoms with van der Waals surface area (Å²) in [6.45, 7) is 13.5. The Kier molecular flexibility index (Phi) is 5.29. The molecule has 0 saturated carbocycles. The second-order valence-electron chi connectivity index (χ2n) is 11.1. The van der Waals surface area contributed by atoms with Gasteiger partial charge < -0.3 is 5.11 Å². The van der Waals surface area contributed by atoms with Crippen LogP contribution in [0.2, 0.25) is 0 Å². The normalized spacial score (nSPS) is 12.5. The second-order valence-corrected chi connectivity index (χ2v) is 12.2. The molecule has 34 heavy (non-hydrogen) atoms. The second kappa shape index (κ2) is 7.95. The number of phenolic OH excluding ortho intramolecular Hbond substituents is 1. The lowest BCUT2D eigenvalue weighted by Crippen LogP contribution is -2.11. The van der Waals surface area contributed by atoms with Gasteiger partial charge in [0.15, 0.2) is 0 Å². The molecule has 0 aliphatic heterocycles. The fraction of sp³-hybridized carbons (Fsp3) is 0.258. The van der Waals surface area contributed by atoms with Gasteiger partial charge in [0.25, 0.3) is 0 Å². The van der Waals surface area contributed by atoms with E-state index in [-0.39, 0.29) is 10.8 Å². The zero-order valence-corrected chi connectivity index (χ0v) is 21.5. The molecule has 0 fully saturated rings. The molecule has 1 heterocycles. The summed E-state index contributed by atoms with van der Waals surface area (Å²) in [6, 6.07) is 25.4. The van der Waals surface area contributed by atoms with Gasteiger partial charge in [0.1, 0.15) is 10.8 Å². The van der Waals surface area contributed by atoms with E-state index in [0.717, 1.165) is 37.1 Å². The van der Waals surface area contributed by atoms with Crippen LogP contribution in [0.15, 0.2) is 72.8 Å². The van der Waals surface area contributed by atoms with E-state index >= 15 is 0 Å². The number of hydrogen-bond donors (Lipinski definition) is 1. The van der Waals surface area contributed by atoms with E-state index in [9.17, 15) is 5.11 Å². The largest absolute Gasteiger partial charge is 0.507 e. The Balaban J connectivity index is 1.72. The molecule has 0 unspecified atom stereocenters. The standard InChI is InChI=1S/C31H31NOS/c1-30(2,3)21-14-11-20(12-15-21)25-17-22(31(4,5)6)18-26-27(25)32-29(34-26)24-16-13-19-9-7-8-10-23(19)28(24)33/h7-18,33H,1-6H3. The maximum absolute atomic E-state index is 11.1. The molecule has 0 amide bonds. The zero-order valence-electron chi connectivity index (χ0n) is 20.7. The third-order valence-corrected chi connectivity index (χ3v) is 7.59. The van der Waals surface area contributed by atoms with Crippen molar-refractivity contribution < 1.29 is 5.11 Å². The summed E-state index contributed by atoms with van der Waals surface area (Å²) in [4.78, 5) is 5.08. The van der Waals surface area contributed by atoms with Crippen LogP contribution in [0, 0.1) is 0 Å². The number of aromatic nitrogens is 1. The van der Waals surface area contributed by atoms with Gasteiger partial charge in [-0.05, 0) is 51.1 Å². The molecule has 2 nitrogen and oxygen atoms in total. The van der Waals surface area contributed by atoms with Crippen molar-refractivity contribution in [1.82, 2.24) is 4.98 Å². The van der Waals surface area contributed by atoms with Crippen LogP contribution in [0.4, 0.5) is 0 Å². The third-order valence-electron chi connectivity index (χ3n) is 6.55. The average molecular weight is 466 g/mol. The zero-order chi connectivity index (χ0) is 24.3. The molecule has 172 valence electrons. The van der Waals surface area contributed by atoms with Crippen LogP contribution in [-0.2, 0) is 10.8 Å². The third kappa shape index (κ3) is 3.99. The summed E-state index contributed by atoms with van der Waals surface area (Å²) < 4.78 is 1.14. The van der Waals surface area contributed by atoms with Crippen molar-refractivity contribution in [3.05, 3.63) is 83.9 Å². The Morgan fingerprint density at radius 1 is 0.706 bits per heavy atom. The van der Waals surface area contributed by atoms with Crippen molar-refractivity contribution in [3.8, 4) is 27.4 Å². The van der Waals surface area contributed by atoms with Gasteiger partial charge in [-0.3, -0.25) is 0 Å². The topological polar surface area (TPSA) is 33.1 Å². The summed E-state index contributed by atoms with van der Waals surface area (Å²) in [5.74, 6) is 0.296. The molecule has 0 radical (unpaired) electrons. The first kappa shape index (κ1) is 22.6. The minimum Gasteiger partial charge on any atom is -0.507 e. The van der Waals surface area contributed by atoms with Crippen LogP contribution in [0.5, 0.6) is 5.75 Å². The van der Waals surface area contributed by atoms with Crippen LogP contribution >= 0.6 is 11.3 Å². The Labute approximate surface area is 205 Å².